The molecule has 100 valence electrons. The molecule has 0 bridgehead atoms. The zero-order chi connectivity index (χ0) is 12.3. The number of halogens is 1. The first kappa shape index (κ1) is 14.7. The fourth-order valence-electron chi connectivity index (χ4n) is 1.99. The molecule has 1 amide bonds. The molecular weight excluding hydrogens is 254 g/mol. The Morgan fingerprint density at radius 2 is 2.28 bits per heavy atom. The summed E-state index contributed by atoms with van der Waals surface area (Å²) in [7, 11) is 0. The van der Waals surface area contributed by atoms with E-state index in [2.05, 4.69) is 15.6 Å². The minimum absolute atomic E-state index is 0. The molecule has 1 fully saturated rings. The lowest BCUT2D eigenvalue weighted by Crippen LogP contribution is -2.46. The normalized spacial score (nSPS) is 18.8. The molecule has 6 heteroatoms. The van der Waals surface area contributed by atoms with Crippen molar-refractivity contribution >= 4 is 18.3 Å². The molecule has 0 spiro atoms. The molecule has 1 saturated heterocycles. The number of nitrogens with one attached hydrogen (secondary N) is 3. The molecular formula is C12H18ClN3O2. The van der Waals surface area contributed by atoms with Crippen LogP contribution in [-0.2, 0) is 0 Å². The summed E-state index contributed by atoms with van der Waals surface area (Å²) in [6, 6.07) is 1.56. The molecule has 1 atom stereocenters. The third-order valence-electron chi connectivity index (χ3n) is 2.93. The molecule has 5 nitrogen and oxygen atoms in total. The Labute approximate surface area is 112 Å². The van der Waals surface area contributed by atoms with Crippen LogP contribution in [0.2, 0.25) is 0 Å². The average Bonchev–Trinajstić information content (AvgIpc) is 2.30. The van der Waals surface area contributed by atoms with Gasteiger partial charge in [-0.2, -0.15) is 0 Å². The molecule has 0 unspecified atom stereocenters. The van der Waals surface area contributed by atoms with Crippen LogP contribution in [0, 0.1) is 6.92 Å². The van der Waals surface area contributed by atoms with Crippen LogP contribution in [0.5, 0.6) is 0 Å². The van der Waals surface area contributed by atoms with E-state index in [0.29, 0.717) is 0 Å². The van der Waals surface area contributed by atoms with Gasteiger partial charge in [-0.05, 0) is 26.3 Å². The fourth-order valence-corrected chi connectivity index (χ4v) is 1.99. The molecule has 3 N–H and O–H groups in total. The average molecular weight is 272 g/mol. The van der Waals surface area contributed by atoms with Gasteiger partial charge in [-0.15, -0.1) is 12.4 Å². The van der Waals surface area contributed by atoms with E-state index in [0.717, 1.165) is 31.6 Å². The molecule has 1 aromatic heterocycles. The highest BCUT2D eigenvalue weighted by Crippen LogP contribution is 2.02. The SMILES string of the molecule is Cc1cc(=O)c(C(=O)N[C@@H]2CCCNC2)c[nH]1.Cl. The predicted octanol–water partition coefficient (Wildman–Crippen LogP) is 0.587. The number of carbonyl (C=O) groups is 1. The van der Waals surface area contributed by atoms with Crippen LogP contribution in [0.3, 0.4) is 0 Å². The van der Waals surface area contributed by atoms with Gasteiger partial charge in [0.05, 0.1) is 0 Å². The third-order valence-corrected chi connectivity index (χ3v) is 2.93. The summed E-state index contributed by atoms with van der Waals surface area (Å²) in [6.07, 6.45) is 3.49. The van der Waals surface area contributed by atoms with Crippen molar-refractivity contribution in [1.29, 1.82) is 0 Å². The Balaban J connectivity index is 0.00000162. The second-order valence-corrected chi connectivity index (χ2v) is 4.41. The van der Waals surface area contributed by atoms with Crippen molar-refractivity contribution in [3.8, 4) is 0 Å². The number of H-pyrrole nitrogens is 1. The van der Waals surface area contributed by atoms with Crippen molar-refractivity contribution in [2.45, 2.75) is 25.8 Å². The Bertz CT molecular complexity index is 467. The maximum Gasteiger partial charge on any atom is 0.257 e. The van der Waals surface area contributed by atoms with Crippen LogP contribution in [0.4, 0.5) is 0 Å². The van der Waals surface area contributed by atoms with E-state index in [1.54, 1.807) is 6.92 Å². The van der Waals surface area contributed by atoms with E-state index < -0.39 is 0 Å². The van der Waals surface area contributed by atoms with Gasteiger partial charge in [-0.25, -0.2) is 0 Å². The molecule has 0 aromatic carbocycles. The van der Waals surface area contributed by atoms with Crippen molar-refractivity contribution in [3.05, 3.63) is 33.7 Å². The molecule has 18 heavy (non-hydrogen) atoms. The zero-order valence-electron chi connectivity index (χ0n) is 10.3. The minimum atomic E-state index is -0.292. The molecule has 2 heterocycles. The van der Waals surface area contributed by atoms with Crippen molar-refractivity contribution in [2.75, 3.05) is 13.1 Å². The van der Waals surface area contributed by atoms with Gasteiger partial charge < -0.3 is 15.6 Å². The second kappa shape index (κ2) is 6.56. The summed E-state index contributed by atoms with van der Waals surface area (Å²) in [4.78, 5) is 26.4. The fraction of sp³-hybridized carbons (Fsp3) is 0.500. The number of aromatic amines is 1. The maximum atomic E-state index is 11.9. The van der Waals surface area contributed by atoms with Crippen LogP contribution >= 0.6 is 12.4 Å². The number of piperidine rings is 1. The molecule has 1 aromatic rings. The summed E-state index contributed by atoms with van der Waals surface area (Å²) < 4.78 is 0. The first-order valence-electron chi connectivity index (χ1n) is 5.88. The van der Waals surface area contributed by atoms with Gasteiger partial charge in [0.1, 0.15) is 5.56 Å². The monoisotopic (exact) mass is 271 g/mol. The van der Waals surface area contributed by atoms with E-state index >= 15 is 0 Å². The Morgan fingerprint density at radius 3 is 2.89 bits per heavy atom. The highest BCUT2D eigenvalue weighted by molar-refractivity contribution is 5.94. The number of amides is 1. The van der Waals surface area contributed by atoms with Gasteiger partial charge in [-0.1, -0.05) is 0 Å². The van der Waals surface area contributed by atoms with Crippen LogP contribution in [-0.4, -0.2) is 30.0 Å². The lowest BCUT2D eigenvalue weighted by molar-refractivity contribution is 0.0929. The molecule has 1 aliphatic heterocycles. The lowest BCUT2D eigenvalue weighted by atomic mass is 10.1. The van der Waals surface area contributed by atoms with Crippen LogP contribution in [0.25, 0.3) is 0 Å². The summed E-state index contributed by atoms with van der Waals surface area (Å²) in [6.45, 7) is 3.56. The first-order valence-corrected chi connectivity index (χ1v) is 5.88. The standard InChI is InChI=1S/C12H17N3O2.ClH/c1-8-5-11(16)10(7-14-8)12(17)15-9-3-2-4-13-6-9;/h5,7,9,13H,2-4,6H2,1H3,(H,14,16)(H,15,17);1H/t9-;/m1./s1. The second-order valence-electron chi connectivity index (χ2n) is 4.41. The summed E-state index contributed by atoms with van der Waals surface area (Å²) in [5.41, 5.74) is 0.703. The number of aromatic nitrogens is 1. The van der Waals surface area contributed by atoms with E-state index in [9.17, 15) is 9.59 Å². The quantitative estimate of drug-likeness (QED) is 0.737. The van der Waals surface area contributed by atoms with E-state index in [4.69, 9.17) is 0 Å². The number of aryl methyl sites for hydroxylation is 1. The smallest absolute Gasteiger partial charge is 0.257 e. The van der Waals surface area contributed by atoms with Gasteiger partial charge in [0.15, 0.2) is 5.43 Å². The number of hydrogen-bond acceptors (Lipinski definition) is 3. The highest BCUT2D eigenvalue weighted by Gasteiger charge is 2.17. The summed E-state index contributed by atoms with van der Waals surface area (Å²) in [5.74, 6) is -0.292. The van der Waals surface area contributed by atoms with Crippen molar-refractivity contribution in [1.82, 2.24) is 15.6 Å². The maximum absolute atomic E-state index is 11.9. The van der Waals surface area contributed by atoms with E-state index in [1.807, 2.05) is 0 Å². The van der Waals surface area contributed by atoms with Gasteiger partial charge in [0.2, 0.25) is 0 Å². The number of carbonyl (C=O) groups excluding carboxylic acids is 1. The minimum Gasteiger partial charge on any atom is -0.364 e. The van der Waals surface area contributed by atoms with E-state index in [1.165, 1.54) is 12.3 Å². The summed E-state index contributed by atoms with van der Waals surface area (Å²) >= 11 is 0. The first-order chi connectivity index (χ1) is 8.16. The van der Waals surface area contributed by atoms with Crippen LogP contribution < -0.4 is 16.1 Å². The van der Waals surface area contributed by atoms with Gasteiger partial charge >= 0.3 is 0 Å². The predicted molar refractivity (Wildman–Crippen MR) is 72.4 cm³/mol. The third kappa shape index (κ3) is 3.58. The van der Waals surface area contributed by atoms with Crippen LogP contribution in [0.1, 0.15) is 28.9 Å². The van der Waals surface area contributed by atoms with Gasteiger partial charge in [-0.3, -0.25) is 9.59 Å². The van der Waals surface area contributed by atoms with E-state index in [-0.39, 0.29) is 35.3 Å². The molecule has 1 aliphatic rings. The molecule has 0 saturated carbocycles. The van der Waals surface area contributed by atoms with Crippen molar-refractivity contribution in [3.63, 3.8) is 0 Å². The molecule has 2 rings (SSSR count). The number of pyridine rings is 1. The Kier molecular flexibility index (Phi) is 5.37. The zero-order valence-corrected chi connectivity index (χ0v) is 11.1. The lowest BCUT2D eigenvalue weighted by Gasteiger charge is -2.23. The van der Waals surface area contributed by atoms with Crippen molar-refractivity contribution < 1.29 is 4.79 Å². The summed E-state index contributed by atoms with van der Waals surface area (Å²) in [5, 5.41) is 6.09. The molecule has 0 aliphatic carbocycles. The highest BCUT2D eigenvalue weighted by atomic mass is 35.5. The number of rotatable bonds is 2. The Morgan fingerprint density at radius 1 is 1.50 bits per heavy atom. The Hall–Kier alpha value is -1.33. The number of hydrogen-bond donors (Lipinski definition) is 3. The molecule has 0 radical (unpaired) electrons. The van der Waals surface area contributed by atoms with Gasteiger partial charge in [0, 0.05) is 30.5 Å². The van der Waals surface area contributed by atoms with Crippen LogP contribution in [0.15, 0.2) is 17.1 Å². The topological polar surface area (TPSA) is 74.0 Å². The van der Waals surface area contributed by atoms with Crippen molar-refractivity contribution in [2.24, 2.45) is 0 Å². The van der Waals surface area contributed by atoms with Gasteiger partial charge in [0.25, 0.3) is 5.91 Å². The largest absolute Gasteiger partial charge is 0.364 e.